The molecular formula is C23H18F5N7O. The Morgan fingerprint density at radius 3 is 2.42 bits per heavy atom. The van der Waals surface area contributed by atoms with Crippen LogP contribution in [-0.4, -0.2) is 42.9 Å². The predicted molar refractivity (Wildman–Crippen MR) is 120 cm³/mol. The lowest BCUT2D eigenvalue weighted by Crippen LogP contribution is -2.36. The summed E-state index contributed by atoms with van der Waals surface area (Å²) in [6.07, 6.45) is -6.46. The number of amides is 1. The smallest absolute Gasteiger partial charge is 0.383 e. The van der Waals surface area contributed by atoms with Crippen LogP contribution in [0.4, 0.5) is 33.6 Å². The Kier molecular flexibility index (Phi) is 5.19. The van der Waals surface area contributed by atoms with Crippen LogP contribution in [0.15, 0.2) is 42.6 Å². The van der Waals surface area contributed by atoms with Crippen molar-refractivity contribution in [2.75, 3.05) is 11.1 Å². The average Bonchev–Trinajstić information content (AvgIpc) is 3.40. The summed E-state index contributed by atoms with van der Waals surface area (Å²) >= 11 is 0. The maximum atomic E-state index is 13.5. The van der Waals surface area contributed by atoms with Crippen LogP contribution in [0.1, 0.15) is 30.3 Å². The van der Waals surface area contributed by atoms with Crippen LogP contribution < -0.4 is 11.1 Å². The lowest BCUT2D eigenvalue weighted by atomic mass is 9.78. The molecule has 5 rings (SSSR count). The van der Waals surface area contributed by atoms with Crippen LogP contribution in [0.3, 0.4) is 0 Å². The van der Waals surface area contributed by atoms with E-state index in [9.17, 15) is 26.7 Å². The monoisotopic (exact) mass is 503 g/mol. The van der Waals surface area contributed by atoms with Crippen molar-refractivity contribution >= 4 is 28.6 Å². The highest BCUT2D eigenvalue weighted by molar-refractivity contribution is 6.09. The Balaban J connectivity index is 1.58. The molecule has 1 amide bonds. The van der Waals surface area contributed by atoms with Gasteiger partial charge in [-0.05, 0) is 18.6 Å². The Hall–Kier alpha value is -4.16. The lowest BCUT2D eigenvalue weighted by Gasteiger charge is -2.23. The minimum absolute atomic E-state index is 0.00726. The van der Waals surface area contributed by atoms with Gasteiger partial charge in [0.2, 0.25) is 5.91 Å². The molecule has 1 aliphatic rings. The number of alkyl halides is 5. The predicted octanol–water partition coefficient (Wildman–Crippen LogP) is 4.39. The zero-order valence-electron chi connectivity index (χ0n) is 18.6. The fourth-order valence-corrected chi connectivity index (χ4v) is 4.24. The number of benzene rings is 1. The van der Waals surface area contributed by atoms with Crippen LogP contribution in [0.2, 0.25) is 0 Å². The van der Waals surface area contributed by atoms with Crippen LogP contribution >= 0.6 is 0 Å². The van der Waals surface area contributed by atoms with Crippen molar-refractivity contribution in [3.8, 4) is 11.5 Å². The number of carbonyl (C=O) groups excluding carboxylic acids is 1. The number of nitrogens with one attached hydrogen (secondary N) is 2. The number of nitrogen functional groups attached to an aromatic ring is 1. The van der Waals surface area contributed by atoms with Crippen LogP contribution in [-0.2, 0) is 16.6 Å². The molecule has 0 bridgehead atoms. The second-order valence-electron chi connectivity index (χ2n) is 8.53. The second-order valence-corrected chi connectivity index (χ2v) is 8.53. The van der Waals surface area contributed by atoms with Gasteiger partial charge in [-0.3, -0.25) is 4.79 Å². The summed E-state index contributed by atoms with van der Waals surface area (Å²) in [7, 11) is 0. The summed E-state index contributed by atoms with van der Waals surface area (Å²) in [4.78, 5) is 32.8. The third-order valence-corrected chi connectivity index (χ3v) is 6.23. The molecule has 1 atom stereocenters. The zero-order chi connectivity index (χ0) is 25.9. The first-order chi connectivity index (χ1) is 16.9. The quantitative estimate of drug-likeness (QED) is 0.348. The van der Waals surface area contributed by atoms with Crippen molar-refractivity contribution in [1.29, 1.82) is 0 Å². The van der Waals surface area contributed by atoms with E-state index in [2.05, 4.69) is 30.2 Å². The van der Waals surface area contributed by atoms with Gasteiger partial charge < -0.3 is 16.0 Å². The summed E-state index contributed by atoms with van der Waals surface area (Å²) in [5, 5.41) is 3.11. The molecule has 0 saturated carbocycles. The van der Waals surface area contributed by atoms with Gasteiger partial charge in [0.1, 0.15) is 34.2 Å². The highest BCUT2D eigenvalue weighted by Gasteiger charge is 2.56. The number of aromatic nitrogens is 5. The number of hydrogen-bond donors (Lipinski definition) is 3. The molecule has 4 heterocycles. The summed E-state index contributed by atoms with van der Waals surface area (Å²) in [6, 6.07) is 10.5. The van der Waals surface area contributed by atoms with E-state index >= 15 is 0 Å². The number of aromatic amines is 1. The van der Waals surface area contributed by atoms with Crippen LogP contribution in [0.25, 0.3) is 22.6 Å². The fraction of sp³-hybridized carbons (Fsp3) is 0.261. The molecule has 0 fully saturated rings. The Morgan fingerprint density at radius 1 is 1.00 bits per heavy atom. The third-order valence-electron chi connectivity index (χ3n) is 6.23. The molecule has 0 spiro atoms. The second kappa shape index (κ2) is 7.93. The molecule has 3 aromatic heterocycles. The van der Waals surface area contributed by atoms with Crippen LogP contribution in [0, 0.1) is 0 Å². The van der Waals surface area contributed by atoms with Crippen molar-refractivity contribution < 1.29 is 26.7 Å². The zero-order valence-corrected chi connectivity index (χ0v) is 18.6. The lowest BCUT2D eigenvalue weighted by molar-refractivity contribution is -0.284. The number of aryl methyl sites for hydroxylation is 1. The van der Waals surface area contributed by atoms with Crippen molar-refractivity contribution in [3.63, 3.8) is 0 Å². The van der Waals surface area contributed by atoms with Gasteiger partial charge in [-0.25, -0.2) is 19.9 Å². The Bertz CT molecular complexity index is 1490. The number of H-pyrrole nitrogens is 1. The standard InChI is InChI=1S/C23H18F5N7O/c1-21(11-5-3-2-4-6-11)14-16(29)33-19(34-18(14)35-20(21)36)15-12-8-10-30-17(12)32-13(31-15)7-9-22(24,25)23(26,27)28/h2-6,8,10H,7,9H2,1H3,(H,30,31,32)(H3,29,33,34,35,36). The molecule has 36 heavy (non-hydrogen) atoms. The molecular weight excluding hydrogens is 485 g/mol. The number of fused-ring (bicyclic) bond motifs is 2. The Morgan fingerprint density at radius 2 is 1.72 bits per heavy atom. The molecule has 4 aromatic rings. The van der Waals surface area contributed by atoms with Gasteiger partial charge in [0.25, 0.3) is 0 Å². The van der Waals surface area contributed by atoms with Crippen molar-refractivity contribution in [3.05, 3.63) is 59.5 Å². The molecule has 4 N–H and O–H groups in total. The number of hydrogen-bond acceptors (Lipinski definition) is 6. The Labute approximate surface area is 200 Å². The number of rotatable bonds is 5. The van der Waals surface area contributed by atoms with Gasteiger partial charge in [-0.15, -0.1) is 0 Å². The summed E-state index contributed by atoms with van der Waals surface area (Å²) in [5.74, 6) is -5.42. The molecule has 8 nitrogen and oxygen atoms in total. The first-order valence-electron chi connectivity index (χ1n) is 10.8. The van der Waals surface area contributed by atoms with E-state index in [1.54, 1.807) is 37.3 Å². The van der Waals surface area contributed by atoms with E-state index in [0.29, 0.717) is 16.5 Å². The molecule has 0 saturated heterocycles. The SMILES string of the molecule is CC1(c2ccccc2)C(=O)Nc2nc(-c3nc(CCC(F)(F)C(F)(F)F)nc4[nH]ccc34)nc(N)c21. The maximum absolute atomic E-state index is 13.5. The number of carbonyl (C=O) groups is 1. The molecule has 186 valence electrons. The molecule has 1 unspecified atom stereocenters. The van der Waals surface area contributed by atoms with E-state index < -0.39 is 30.4 Å². The topological polar surface area (TPSA) is 122 Å². The summed E-state index contributed by atoms with van der Waals surface area (Å²) in [5.41, 5.74) is 6.44. The normalized spacial score (nSPS) is 17.9. The van der Waals surface area contributed by atoms with Crippen molar-refractivity contribution in [1.82, 2.24) is 24.9 Å². The third kappa shape index (κ3) is 3.62. The number of halogens is 5. The summed E-state index contributed by atoms with van der Waals surface area (Å²) in [6.45, 7) is 1.69. The first-order valence-corrected chi connectivity index (χ1v) is 10.8. The van der Waals surface area contributed by atoms with Gasteiger partial charge in [-0.2, -0.15) is 22.0 Å². The highest BCUT2D eigenvalue weighted by atomic mass is 19.4. The number of anilines is 2. The average molecular weight is 503 g/mol. The molecule has 1 aliphatic heterocycles. The molecule has 0 aliphatic carbocycles. The van der Waals surface area contributed by atoms with E-state index in [4.69, 9.17) is 5.73 Å². The van der Waals surface area contributed by atoms with E-state index in [0.717, 1.165) is 0 Å². The first kappa shape index (κ1) is 23.6. The van der Waals surface area contributed by atoms with E-state index in [-0.39, 0.29) is 40.5 Å². The van der Waals surface area contributed by atoms with Crippen LogP contribution in [0.5, 0.6) is 0 Å². The van der Waals surface area contributed by atoms with Crippen molar-refractivity contribution in [2.24, 2.45) is 0 Å². The van der Waals surface area contributed by atoms with Gasteiger partial charge >= 0.3 is 12.1 Å². The largest absolute Gasteiger partial charge is 0.453 e. The van der Waals surface area contributed by atoms with E-state index in [1.165, 1.54) is 6.20 Å². The minimum Gasteiger partial charge on any atom is -0.383 e. The van der Waals surface area contributed by atoms with Gasteiger partial charge in [0.15, 0.2) is 5.82 Å². The van der Waals surface area contributed by atoms with Gasteiger partial charge in [-0.1, -0.05) is 30.3 Å². The molecule has 1 aromatic carbocycles. The minimum atomic E-state index is -5.69. The highest BCUT2D eigenvalue weighted by Crippen LogP contribution is 2.45. The number of nitrogens with two attached hydrogens (primary N) is 1. The van der Waals surface area contributed by atoms with Crippen molar-refractivity contribution in [2.45, 2.75) is 37.3 Å². The van der Waals surface area contributed by atoms with E-state index in [1.807, 2.05) is 6.07 Å². The maximum Gasteiger partial charge on any atom is 0.453 e. The summed E-state index contributed by atoms with van der Waals surface area (Å²) < 4.78 is 64.8. The van der Waals surface area contributed by atoms with Gasteiger partial charge in [0.05, 0.1) is 5.56 Å². The molecule has 0 radical (unpaired) electrons. The fourth-order valence-electron chi connectivity index (χ4n) is 4.24. The van der Waals surface area contributed by atoms with Gasteiger partial charge in [0, 0.05) is 24.4 Å². The number of nitrogens with zero attached hydrogens (tertiary/aromatic N) is 4. The molecule has 13 heteroatoms.